The fraction of sp³-hybridized carbons (Fsp3) is 0. The number of hydrogen-bond donors (Lipinski definition) is 1. The molecular formula is C14H9BrFN3O. The van der Waals surface area contributed by atoms with E-state index in [0.717, 1.165) is 10.0 Å². The van der Waals surface area contributed by atoms with Crippen LogP contribution in [-0.2, 0) is 0 Å². The van der Waals surface area contributed by atoms with Crippen molar-refractivity contribution in [3.05, 3.63) is 52.8 Å². The molecule has 1 aromatic heterocycles. The molecule has 0 saturated heterocycles. The van der Waals surface area contributed by atoms with Crippen LogP contribution in [0.5, 0.6) is 0 Å². The third-order valence-electron chi connectivity index (χ3n) is 2.77. The molecule has 0 aliphatic heterocycles. The Labute approximate surface area is 122 Å². The maximum absolute atomic E-state index is 13.0. The van der Waals surface area contributed by atoms with Gasteiger partial charge in [0.15, 0.2) is 0 Å². The lowest BCUT2D eigenvalue weighted by atomic mass is 10.1. The average molecular weight is 334 g/mol. The molecular weight excluding hydrogens is 325 g/mol. The summed E-state index contributed by atoms with van der Waals surface area (Å²) in [4.78, 5) is 4.28. The number of aromatic nitrogens is 2. The third kappa shape index (κ3) is 2.42. The Morgan fingerprint density at radius 3 is 2.55 bits per heavy atom. The van der Waals surface area contributed by atoms with Gasteiger partial charge in [0.25, 0.3) is 5.89 Å². The Morgan fingerprint density at radius 1 is 1.10 bits per heavy atom. The van der Waals surface area contributed by atoms with Gasteiger partial charge in [-0.1, -0.05) is 21.1 Å². The average Bonchev–Trinajstić information content (AvgIpc) is 2.89. The summed E-state index contributed by atoms with van der Waals surface area (Å²) in [6.45, 7) is 0. The zero-order valence-electron chi connectivity index (χ0n) is 10.2. The molecule has 4 nitrogen and oxygen atoms in total. The van der Waals surface area contributed by atoms with Gasteiger partial charge in [0.05, 0.1) is 5.56 Å². The lowest BCUT2D eigenvalue weighted by Gasteiger charge is -1.99. The number of benzene rings is 2. The van der Waals surface area contributed by atoms with E-state index in [1.165, 1.54) is 18.2 Å². The van der Waals surface area contributed by atoms with E-state index in [9.17, 15) is 4.39 Å². The first-order valence-electron chi connectivity index (χ1n) is 5.78. The highest BCUT2D eigenvalue weighted by Crippen LogP contribution is 2.27. The van der Waals surface area contributed by atoms with Crippen LogP contribution in [0.1, 0.15) is 0 Å². The Balaban J connectivity index is 1.99. The Kier molecular flexibility index (Phi) is 3.23. The lowest BCUT2D eigenvalue weighted by Crippen LogP contribution is -1.91. The van der Waals surface area contributed by atoms with E-state index in [0.29, 0.717) is 11.4 Å². The lowest BCUT2D eigenvalue weighted by molar-refractivity contribution is 0.432. The van der Waals surface area contributed by atoms with Gasteiger partial charge >= 0.3 is 0 Å². The Hall–Kier alpha value is -2.21. The number of hydrogen-bond acceptors (Lipinski definition) is 4. The maximum atomic E-state index is 13.0. The van der Waals surface area contributed by atoms with E-state index in [2.05, 4.69) is 26.1 Å². The van der Waals surface area contributed by atoms with Crippen molar-refractivity contribution in [1.82, 2.24) is 10.1 Å². The number of nitrogens with zero attached hydrogens (tertiary/aromatic N) is 2. The van der Waals surface area contributed by atoms with Crippen LogP contribution in [0.25, 0.3) is 22.8 Å². The molecule has 0 radical (unpaired) electrons. The molecule has 2 aromatic carbocycles. The summed E-state index contributed by atoms with van der Waals surface area (Å²) in [5, 5.41) is 3.91. The molecule has 3 rings (SSSR count). The second-order valence-electron chi connectivity index (χ2n) is 4.16. The zero-order chi connectivity index (χ0) is 14.1. The first kappa shape index (κ1) is 12.8. The van der Waals surface area contributed by atoms with Crippen LogP contribution >= 0.6 is 15.9 Å². The minimum Gasteiger partial charge on any atom is -0.398 e. The van der Waals surface area contributed by atoms with Crippen molar-refractivity contribution in [3.8, 4) is 22.8 Å². The molecule has 0 atom stereocenters. The molecule has 0 bridgehead atoms. The molecule has 0 fully saturated rings. The molecule has 0 amide bonds. The van der Waals surface area contributed by atoms with Gasteiger partial charge in [-0.15, -0.1) is 0 Å². The van der Waals surface area contributed by atoms with Gasteiger partial charge in [0, 0.05) is 15.7 Å². The first-order chi connectivity index (χ1) is 9.63. The summed E-state index contributed by atoms with van der Waals surface area (Å²) in [6.07, 6.45) is 0. The monoisotopic (exact) mass is 333 g/mol. The summed E-state index contributed by atoms with van der Waals surface area (Å²) in [6, 6.07) is 11.5. The number of rotatable bonds is 2. The molecule has 0 spiro atoms. The van der Waals surface area contributed by atoms with Crippen LogP contribution in [-0.4, -0.2) is 10.1 Å². The van der Waals surface area contributed by atoms with Crippen molar-refractivity contribution in [3.63, 3.8) is 0 Å². The van der Waals surface area contributed by atoms with Crippen LogP contribution in [0.4, 0.5) is 10.1 Å². The largest absolute Gasteiger partial charge is 0.398 e. The van der Waals surface area contributed by atoms with Crippen molar-refractivity contribution < 1.29 is 8.91 Å². The molecule has 0 unspecified atom stereocenters. The molecule has 0 aliphatic carbocycles. The predicted octanol–water partition coefficient (Wildman–Crippen LogP) is 3.89. The molecule has 100 valence electrons. The topological polar surface area (TPSA) is 64.9 Å². The maximum Gasteiger partial charge on any atom is 0.260 e. The SMILES string of the molecule is Nc1cc(F)ccc1-c1nc(-c2ccc(Br)cc2)no1. The molecule has 2 N–H and O–H groups in total. The fourth-order valence-electron chi connectivity index (χ4n) is 1.78. The van der Waals surface area contributed by atoms with E-state index in [1.807, 2.05) is 24.3 Å². The molecule has 1 heterocycles. The van der Waals surface area contributed by atoms with E-state index < -0.39 is 5.82 Å². The molecule has 0 aliphatic rings. The summed E-state index contributed by atoms with van der Waals surface area (Å²) >= 11 is 3.36. The Morgan fingerprint density at radius 2 is 1.85 bits per heavy atom. The number of anilines is 1. The second-order valence-corrected chi connectivity index (χ2v) is 5.08. The van der Waals surface area contributed by atoms with Crippen LogP contribution in [0.2, 0.25) is 0 Å². The summed E-state index contributed by atoms with van der Waals surface area (Å²) in [5.41, 5.74) is 7.35. The summed E-state index contributed by atoms with van der Waals surface area (Å²) < 4.78 is 19.2. The number of halogens is 2. The van der Waals surface area contributed by atoms with Gasteiger partial charge in [-0.2, -0.15) is 4.98 Å². The van der Waals surface area contributed by atoms with Crippen LogP contribution < -0.4 is 5.73 Å². The number of nitrogens with two attached hydrogens (primary N) is 1. The summed E-state index contributed by atoms with van der Waals surface area (Å²) in [7, 11) is 0. The standard InChI is InChI=1S/C14H9BrFN3O/c15-9-3-1-8(2-4-9)13-18-14(20-19-13)11-6-5-10(16)7-12(11)17/h1-7H,17H2. The van der Waals surface area contributed by atoms with Crippen molar-refractivity contribution in [2.24, 2.45) is 0 Å². The van der Waals surface area contributed by atoms with Crippen LogP contribution in [0, 0.1) is 5.82 Å². The quantitative estimate of drug-likeness (QED) is 0.722. The highest BCUT2D eigenvalue weighted by Gasteiger charge is 2.13. The van der Waals surface area contributed by atoms with Gasteiger partial charge < -0.3 is 10.3 Å². The minimum atomic E-state index is -0.404. The highest BCUT2D eigenvalue weighted by atomic mass is 79.9. The minimum absolute atomic E-state index is 0.260. The molecule has 0 saturated carbocycles. The normalized spacial score (nSPS) is 10.7. The van der Waals surface area contributed by atoms with Crippen LogP contribution in [0.15, 0.2) is 51.5 Å². The zero-order valence-corrected chi connectivity index (χ0v) is 11.8. The van der Waals surface area contributed by atoms with Gasteiger partial charge in [-0.3, -0.25) is 0 Å². The Bertz CT molecular complexity index is 755. The van der Waals surface area contributed by atoms with Crippen molar-refractivity contribution >= 4 is 21.6 Å². The van der Waals surface area contributed by atoms with Gasteiger partial charge in [-0.05, 0) is 42.5 Å². The van der Waals surface area contributed by atoms with Gasteiger partial charge in [0.2, 0.25) is 5.82 Å². The van der Waals surface area contributed by atoms with Crippen molar-refractivity contribution in [2.45, 2.75) is 0 Å². The summed E-state index contributed by atoms with van der Waals surface area (Å²) in [5.74, 6) is 0.315. The highest BCUT2D eigenvalue weighted by molar-refractivity contribution is 9.10. The smallest absolute Gasteiger partial charge is 0.260 e. The van der Waals surface area contributed by atoms with Crippen LogP contribution in [0.3, 0.4) is 0 Å². The molecule has 3 aromatic rings. The van der Waals surface area contributed by atoms with Crippen molar-refractivity contribution in [1.29, 1.82) is 0 Å². The first-order valence-corrected chi connectivity index (χ1v) is 6.58. The predicted molar refractivity (Wildman–Crippen MR) is 77.2 cm³/mol. The van der Waals surface area contributed by atoms with Gasteiger partial charge in [-0.25, -0.2) is 4.39 Å². The molecule has 6 heteroatoms. The fourth-order valence-corrected chi connectivity index (χ4v) is 2.04. The van der Waals surface area contributed by atoms with Gasteiger partial charge in [0.1, 0.15) is 5.82 Å². The van der Waals surface area contributed by atoms with E-state index in [1.54, 1.807) is 0 Å². The molecule has 20 heavy (non-hydrogen) atoms. The third-order valence-corrected chi connectivity index (χ3v) is 3.30. The van der Waals surface area contributed by atoms with E-state index >= 15 is 0 Å². The van der Waals surface area contributed by atoms with Crippen molar-refractivity contribution in [2.75, 3.05) is 5.73 Å². The van der Waals surface area contributed by atoms with E-state index in [4.69, 9.17) is 10.3 Å². The second kappa shape index (κ2) is 5.05. The number of nitrogen functional groups attached to an aromatic ring is 1. The van der Waals surface area contributed by atoms with E-state index in [-0.39, 0.29) is 11.6 Å².